The van der Waals surface area contributed by atoms with Crippen LogP contribution in [0.4, 0.5) is 0 Å². The highest BCUT2D eigenvalue weighted by molar-refractivity contribution is 7.27. The molecule has 1 aliphatic rings. The van der Waals surface area contributed by atoms with Crippen LogP contribution in [0.3, 0.4) is 0 Å². The number of thiophene rings is 2. The van der Waals surface area contributed by atoms with Crippen LogP contribution < -0.4 is 11.1 Å². The van der Waals surface area contributed by atoms with Crippen molar-refractivity contribution in [2.75, 3.05) is 6.54 Å². The van der Waals surface area contributed by atoms with E-state index in [4.69, 9.17) is 5.73 Å². The van der Waals surface area contributed by atoms with Crippen LogP contribution in [0, 0.1) is 5.92 Å². The van der Waals surface area contributed by atoms with Crippen molar-refractivity contribution < 1.29 is 4.79 Å². The van der Waals surface area contributed by atoms with Gasteiger partial charge in [-0.2, -0.15) is 0 Å². The smallest absolute Gasteiger partial charge is 0.261 e. The molecule has 0 radical (unpaired) electrons. The Morgan fingerprint density at radius 1 is 1.53 bits per heavy atom. The van der Waals surface area contributed by atoms with Gasteiger partial charge in [0.25, 0.3) is 5.91 Å². The average molecular weight is 266 g/mol. The molecule has 0 spiro atoms. The van der Waals surface area contributed by atoms with Crippen LogP contribution in [0.25, 0.3) is 9.40 Å². The summed E-state index contributed by atoms with van der Waals surface area (Å²) in [7, 11) is 0. The quantitative estimate of drug-likeness (QED) is 0.893. The first kappa shape index (κ1) is 11.2. The van der Waals surface area contributed by atoms with Crippen molar-refractivity contribution in [3.8, 4) is 0 Å². The van der Waals surface area contributed by atoms with E-state index in [1.807, 2.05) is 6.07 Å². The predicted octanol–water partition coefficient (Wildman–Crippen LogP) is 2.43. The van der Waals surface area contributed by atoms with E-state index < -0.39 is 0 Å². The van der Waals surface area contributed by atoms with Gasteiger partial charge in [0.1, 0.15) is 0 Å². The van der Waals surface area contributed by atoms with E-state index in [0.717, 1.165) is 4.88 Å². The first-order valence-electron chi connectivity index (χ1n) is 5.76. The monoisotopic (exact) mass is 266 g/mol. The Balaban J connectivity index is 1.74. The number of rotatable bonds is 4. The zero-order valence-corrected chi connectivity index (χ0v) is 10.9. The standard InChI is InChI=1S/C12H14N2OS2/c13-6-8(7-1-2-7)14-12(15)11-5-10-9(17-11)3-4-16-10/h3-5,7-8H,1-2,6,13H2,(H,14,15). The normalized spacial score (nSPS) is 17.2. The number of hydrogen-bond acceptors (Lipinski definition) is 4. The zero-order chi connectivity index (χ0) is 11.8. The summed E-state index contributed by atoms with van der Waals surface area (Å²) in [5, 5.41) is 5.10. The molecule has 0 bridgehead atoms. The fourth-order valence-corrected chi connectivity index (χ4v) is 4.00. The van der Waals surface area contributed by atoms with Gasteiger partial charge in [-0.05, 0) is 36.3 Å². The highest BCUT2D eigenvalue weighted by atomic mass is 32.1. The molecule has 0 aliphatic heterocycles. The molecule has 0 saturated heterocycles. The molecule has 3 rings (SSSR count). The van der Waals surface area contributed by atoms with Crippen molar-refractivity contribution in [3.05, 3.63) is 22.4 Å². The lowest BCUT2D eigenvalue weighted by molar-refractivity contribution is 0.0937. The largest absolute Gasteiger partial charge is 0.347 e. The fourth-order valence-electron chi connectivity index (χ4n) is 1.99. The predicted molar refractivity (Wildman–Crippen MR) is 72.7 cm³/mol. The van der Waals surface area contributed by atoms with Crippen LogP contribution in [-0.4, -0.2) is 18.5 Å². The van der Waals surface area contributed by atoms with E-state index in [9.17, 15) is 4.79 Å². The van der Waals surface area contributed by atoms with Crippen LogP contribution >= 0.6 is 22.7 Å². The summed E-state index contributed by atoms with van der Waals surface area (Å²) >= 11 is 3.23. The number of carbonyl (C=O) groups is 1. The molecule has 90 valence electrons. The molecule has 3 nitrogen and oxygen atoms in total. The molecule has 1 saturated carbocycles. The number of amides is 1. The summed E-state index contributed by atoms with van der Waals surface area (Å²) in [6.07, 6.45) is 2.39. The maximum atomic E-state index is 12.1. The molecule has 1 unspecified atom stereocenters. The Hall–Kier alpha value is -0.910. The Kier molecular flexibility index (Phi) is 2.90. The number of nitrogens with one attached hydrogen (secondary N) is 1. The molecule has 0 aromatic carbocycles. The maximum absolute atomic E-state index is 12.1. The third kappa shape index (κ3) is 2.22. The number of carbonyl (C=O) groups excluding carboxylic acids is 1. The SMILES string of the molecule is NCC(NC(=O)c1cc2sccc2s1)C1CC1. The Bertz CT molecular complexity index is 513. The Morgan fingerprint density at radius 3 is 3.00 bits per heavy atom. The van der Waals surface area contributed by atoms with Crippen LogP contribution in [-0.2, 0) is 0 Å². The summed E-state index contributed by atoms with van der Waals surface area (Å²) in [4.78, 5) is 12.9. The van der Waals surface area contributed by atoms with Crippen molar-refractivity contribution in [3.63, 3.8) is 0 Å². The van der Waals surface area contributed by atoms with Crippen molar-refractivity contribution in [1.82, 2.24) is 5.32 Å². The fraction of sp³-hybridized carbons (Fsp3) is 0.417. The summed E-state index contributed by atoms with van der Waals surface area (Å²) in [5.41, 5.74) is 5.69. The van der Waals surface area contributed by atoms with Gasteiger partial charge in [0.05, 0.1) is 4.88 Å². The molecule has 2 aromatic rings. The second-order valence-electron chi connectivity index (χ2n) is 4.41. The van der Waals surface area contributed by atoms with Crippen molar-refractivity contribution >= 4 is 38.0 Å². The molecule has 1 atom stereocenters. The van der Waals surface area contributed by atoms with E-state index in [2.05, 4.69) is 16.8 Å². The van der Waals surface area contributed by atoms with Crippen LogP contribution in [0.2, 0.25) is 0 Å². The highest BCUT2D eigenvalue weighted by Crippen LogP contribution is 2.33. The molecule has 5 heteroatoms. The van der Waals surface area contributed by atoms with E-state index in [1.54, 1.807) is 22.7 Å². The number of hydrogen-bond donors (Lipinski definition) is 2. The van der Waals surface area contributed by atoms with Gasteiger partial charge in [-0.15, -0.1) is 22.7 Å². The Labute approximate surface area is 108 Å². The first-order chi connectivity index (χ1) is 8.28. The van der Waals surface area contributed by atoms with Crippen molar-refractivity contribution in [1.29, 1.82) is 0 Å². The minimum atomic E-state index is 0.0285. The van der Waals surface area contributed by atoms with Crippen molar-refractivity contribution in [2.24, 2.45) is 11.7 Å². The van der Waals surface area contributed by atoms with Gasteiger partial charge >= 0.3 is 0 Å². The van der Waals surface area contributed by atoms with Gasteiger partial charge in [-0.1, -0.05) is 0 Å². The molecular weight excluding hydrogens is 252 g/mol. The molecule has 2 aromatic heterocycles. The topological polar surface area (TPSA) is 55.1 Å². The number of nitrogens with two attached hydrogens (primary N) is 1. The molecule has 1 amide bonds. The van der Waals surface area contributed by atoms with E-state index in [0.29, 0.717) is 12.5 Å². The lowest BCUT2D eigenvalue weighted by Crippen LogP contribution is -2.41. The van der Waals surface area contributed by atoms with E-state index in [-0.39, 0.29) is 11.9 Å². The van der Waals surface area contributed by atoms with Gasteiger partial charge in [0.2, 0.25) is 0 Å². The second kappa shape index (κ2) is 4.40. The summed E-state index contributed by atoms with van der Waals surface area (Å²) < 4.78 is 2.38. The van der Waals surface area contributed by atoms with Crippen LogP contribution in [0.5, 0.6) is 0 Å². The van der Waals surface area contributed by atoms with Crippen LogP contribution in [0.15, 0.2) is 17.5 Å². The minimum absolute atomic E-state index is 0.0285. The Morgan fingerprint density at radius 2 is 2.35 bits per heavy atom. The molecule has 1 aliphatic carbocycles. The maximum Gasteiger partial charge on any atom is 0.261 e. The minimum Gasteiger partial charge on any atom is -0.347 e. The lowest BCUT2D eigenvalue weighted by atomic mass is 10.2. The molecule has 1 fully saturated rings. The van der Waals surface area contributed by atoms with Gasteiger partial charge in [-0.25, -0.2) is 0 Å². The van der Waals surface area contributed by atoms with Crippen molar-refractivity contribution in [2.45, 2.75) is 18.9 Å². The lowest BCUT2D eigenvalue weighted by Gasteiger charge is -2.14. The third-order valence-electron chi connectivity index (χ3n) is 3.12. The molecule has 17 heavy (non-hydrogen) atoms. The van der Waals surface area contributed by atoms with Gasteiger partial charge in [-0.3, -0.25) is 4.79 Å². The first-order valence-corrected chi connectivity index (χ1v) is 7.45. The zero-order valence-electron chi connectivity index (χ0n) is 9.31. The average Bonchev–Trinajstić information content (AvgIpc) is 2.92. The van der Waals surface area contributed by atoms with Gasteiger partial charge in [0, 0.05) is 22.0 Å². The molecule has 2 heterocycles. The highest BCUT2D eigenvalue weighted by Gasteiger charge is 2.31. The second-order valence-corrected chi connectivity index (χ2v) is 6.44. The molecular formula is C12H14N2OS2. The van der Waals surface area contributed by atoms with Crippen LogP contribution in [0.1, 0.15) is 22.5 Å². The summed E-state index contributed by atoms with van der Waals surface area (Å²) in [6, 6.07) is 4.19. The summed E-state index contributed by atoms with van der Waals surface area (Å²) in [5.74, 6) is 0.630. The van der Waals surface area contributed by atoms with Gasteiger partial charge in [0.15, 0.2) is 0 Å². The number of fused-ring (bicyclic) bond motifs is 1. The van der Waals surface area contributed by atoms with Gasteiger partial charge < -0.3 is 11.1 Å². The summed E-state index contributed by atoms with van der Waals surface area (Å²) in [6.45, 7) is 0.538. The molecule has 3 N–H and O–H groups in total. The third-order valence-corrected chi connectivity index (χ3v) is 5.22. The van der Waals surface area contributed by atoms with E-state index >= 15 is 0 Å². The van der Waals surface area contributed by atoms with E-state index in [1.165, 1.54) is 22.2 Å².